The van der Waals surface area contributed by atoms with Gasteiger partial charge in [-0.2, -0.15) is 28.1 Å². The number of aryl methyl sites for hydroxylation is 1. The molecule has 3 heterocycles. The summed E-state index contributed by atoms with van der Waals surface area (Å²) in [6.07, 6.45) is -1.19. The fourth-order valence-corrected chi connectivity index (χ4v) is 2.77. The van der Waals surface area contributed by atoms with Crippen molar-refractivity contribution in [2.24, 2.45) is 7.05 Å². The minimum absolute atomic E-state index is 0.254. The summed E-state index contributed by atoms with van der Waals surface area (Å²) < 4.78 is 40.9. The number of nitrogen functional groups attached to an aromatic ring is 1. The second-order valence-corrected chi connectivity index (χ2v) is 5.45. The zero-order chi connectivity index (χ0) is 15.2. The van der Waals surface area contributed by atoms with E-state index in [0.29, 0.717) is 27.6 Å². The molecular formula is C12H10F3N5S. The van der Waals surface area contributed by atoms with E-state index in [-0.39, 0.29) is 5.82 Å². The van der Waals surface area contributed by atoms with E-state index in [0.717, 1.165) is 6.07 Å². The fraction of sp³-hybridized carbons (Fsp3) is 0.167. The third kappa shape index (κ3) is 2.40. The van der Waals surface area contributed by atoms with E-state index in [9.17, 15) is 13.2 Å². The molecule has 0 aliphatic rings. The van der Waals surface area contributed by atoms with E-state index >= 15 is 0 Å². The maximum Gasteiger partial charge on any atom is 0.425 e. The molecule has 9 heteroatoms. The van der Waals surface area contributed by atoms with Crippen molar-refractivity contribution in [3.63, 3.8) is 0 Å². The number of anilines is 1. The van der Waals surface area contributed by atoms with E-state index in [1.54, 1.807) is 24.0 Å². The molecule has 110 valence electrons. The zero-order valence-corrected chi connectivity index (χ0v) is 11.6. The molecular weight excluding hydrogens is 303 g/mol. The smallest absolute Gasteiger partial charge is 0.383 e. The highest BCUT2D eigenvalue weighted by Gasteiger charge is 2.32. The fourth-order valence-electron chi connectivity index (χ4n) is 1.88. The minimum Gasteiger partial charge on any atom is -0.383 e. The van der Waals surface area contributed by atoms with E-state index < -0.39 is 11.1 Å². The predicted octanol–water partition coefficient (Wildman–Crippen LogP) is 2.94. The molecule has 0 fully saturated rings. The van der Waals surface area contributed by atoms with Crippen molar-refractivity contribution in [2.45, 2.75) is 6.18 Å². The molecule has 0 amide bonds. The number of aromatic nitrogens is 4. The summed E-state index contributed by atoms with van der Waals surface area (Å²) in [4.78, 5) is -0.246. The lowest BCUT2D eigenvalue weighted by Gasteiger charge is -2.02. The van der Waals surface area contributed by atoms with Crippen LogP contribution in [0.4, 0.5) is 19.0 Å². The summed E-state index contributed by atoms with van der Waals surface area (Å²) in [6.45, 7) is 0. The van der Waals surface area contributed by atoms with Crippen LogP contribution in [0.25, 0.3) is 16.3 Å². The first-order valence-electron chi connectivity index (χ1n) is 5.87. The SMILES string of the molecule is Cn1ccc(-n2ncc(-c3ccc(C(F)(F)F)s3)c2N)n1. The van der Waals surface area contributed by atoms with E-state index in [2.05, 4.69) is 10.2 Å². The van der Waals surface area contributed by atoms with Gasteiger partial charge in [0.05, 0.1) is 11.8 Å². The van der Waals surface area contributed by atoms with Crippen molar-refractivity contribution in [3.05, 3.63) is 35.5 Å². The first-order chi connectivity index (χ1) is 9.86. The summed E-state index contributed by atoms with van der Waals surface area (Å²) in [6, 6.07) is 4.14. The molecule has 0 aliphatic carbocycles. The van der Waals surface area contributed by atoms with Gasteiger partial charge in [-0.25, -0.2) is 0 Å². The van der Waals surface area contributed by atoms with Gasteiger partial charge in [0.2, 0.25) is 0 Å². The largest absolute Gasteiger partial charge is 0.425 e. The maximum atomic E-state index is 12.6. The lowest BCUT2D eigenvalue weighted by atomic mass is 10.2. The van der Waals surface area contributed by atoms with Crippen LogP contribution in [0, 0.1) is 0 Å². The molecule has 3 aromatic rings. The van der Waals surface area contributed by atoms with Crippen LogP contribution in [-0.4, -0.2) is 19.6 Å². The van der Waals surface area contributed by atoms with Crippen molar-refractivity contribution in [1.82, 2.24) is 19.6 Å². The molecule has 0 aliphatic heterocycles. The number of thiophene rings is 1. The molecule has 0 radical (unpaired) electrons. The highest BCUT2D eigenvalue weighted by Crippen LogP contribution is 2.40. The van der Waals surface area contributed by atoms with Gasteiger partial charge in [0.15, 0.2) is 5.82 Å². The Morgan fingerprint density at radius 3 is 2.57 bits per heavy atom. The van der Waals surface area contributed by atoms with E-state index in [4.69, 9.17) is 5.73 Å². The Labute approximate surface area is 121 Å². The minimum atomic E-state index is -4.35. The number of hydrogen-bond donors (Lipinski definition) is 1. The second kappa shape index (κ2) is 4.62. The average Bonchev–Trinajstić information content (AvgIpc) is 3.07. The zero-order valence-electron chi connectivity index (χ0n) is 10.8. The van der Waals surface area contributed by atoms with Gasteiger partial charge >= 0.3 is 6.18 Å². The lowest BCUT2D eigenvalue weighted by Crippen LogP contribution is -2.03. The van der Waals surface area contributed by atoms with Crippen LogP contribution in [0.5, 0.6) is 0 Å². The molecule has 0 unspecified atom stereocenters. The first kappa shape index (κ1) is 13.7. The topological polar surface area (TPSA) is 61.7 Å². The molecule has 0 bridgehead atoms. The van der Waals surface area contributed by atoms with Crippen molar-refractivity contribution in [1.29, 1.82) is 0 Å². The van der Waals surface area contributed by atoms with Crippen LogP contribution < -0.4 is 5.73 Å². The highest BCUT2D eigenvalue weighted by molar-refractivity contribution is 7.15. The third-order valence-electron chi connectivity index (χ3n) is 2.87. The van der Waals surface area contributed by atoms with Gasteiger partial charge in [0.1, 0.15) is 10.7 Å². The Hall–Kier alpha value is -2.29. The average molecular weight is 313 g/mol. The second-order valence-electron chi connectivity index (χ2n) is 4.36. The Kier molecular flexibility index (Phi) is 3.01. The van der Waals surface area contributed by atoms with Crippen molar-refractivity contribution < 1.29 is 13.2 Å². The molecule has 0 aromatic carbocycles. The highest BCUT2D eigenvalue weighted by atomic mass is 32.1. The van der Waals surface area contributed by atoms with Gasteiger partial charge in [0, 0.05) is 24.2 Å². The van der Waals surface area contributed by atoms with Crippen molar-refractivity contribution >= 4 is 17.2 Å². The van der Waals surface area contributed by atoms with Gasteiger partial charge in [-0.05, 0) is 12.1 Å². The Morgan fingerprint density at radius 1 is 1.24 bits per heavy atom. The molecule has 3 aromatic heterocycles. The number of nitrogens with two attached hydrogens (primary N) is 1. The standard InChI is InChI=1S/C12H10F3N5S/c1-19-5-4-10(18-19)20-11(16)7(6-17-20)8-2-3-9(21-8)12(13,14)15/h2-6H,16H2,1H3. The third-order valence-corrected chi connectivity index (χ3v) is 4.04. The van der Waals surface area contributed by atoms with Crippen molar-refractivity contribution in [2.75, 3.05) is 5.73 Å². The number of hydrogen-bond acceptors (Lipinski definition) is 4. The number of alkyl halides is 3. The molecule has 0 atom stereocenters. The lowest BCUT2D eigenvalue weighted by molar-refractivity contribution is -0.134. The normalized spacial score (nSPS) is 12.0. The van der Waals surface area contributed by atoms with Crippen LogP contribution in [-0.2, 0) is 13.2 Å². The summed E-state index contributed by atoms with van der Waals surface area (Å²) in [5.74, 6) is 0.762. The summed E-state index contributed by atoms with van der Waals surface area (Å²) >= 11 is 0.637. The Morgan fingerprint density at radius 2 is 2.00 bits per heavy atom. The van der Waals surface area contributed by atoms with Gasteiger partial charge in [-0.3, -0.25) is 4.68 Å². The van der Waals surface area contributed by atoms with Crippen molar-refractivity contribution in [3.8, 4) is 16.3 Å². The van der Waals surface area contributed by atoms with Gasteiger partial charge < -0.3 is 5.73 Å². The monoisotopic (exact) mass is 313 g/mol. The van der Waals surface area contributed by atoms with Crippen LogP contribution in [0.15, 0.2) is 30.6 Å². The molecule has 0 saturated carbocycles. The number of halogens is 3. The first-order valence-corrected chi connectivity index (χ1v) is 6.69. The molecule has 0 spiro atoms. The quantitative estimate of drug-likeness (QED) is 0.791. The Bertz CT molecular complexity index is 783. The molecule has 3 rings (SSSR count). The molecule has 0 saturated heterocycles. The van der Waals surface area contributed by atoms with Gasteiger partial charge in [-0.15, -0.1) is 11.3 Å². The van der Waals surface area contributed by atoms with Crippen LogP contribution in [0.2, 0.25) is 0 Å². The van der Waals surface area contributed by atoms with Crippen LogP contribution >= 0.6 is 11.3 Å². The number of nitrogens with zero attached hydrogens (tertiary/aromatic N) is 4. The maximum absolute atomic E-state index is 12.6. The number of rotatable bonds is 2. The summed E-state index contributed by atoms with van der Waals surface area (Å²) in [7, 11) is 1.75. The van der Waals surface area contributed by atoms with Crippen LogP contribution in [0.1, 0.15) is 4.88 Å². The van der Waals surface area contributed by atoms with Gasteiger partial charge in [-0.1, -0.05) is 0 Å². The predicted molar refractivity (Wildman–Crippen MR) is 73.1 cm³/mol. The van der Waals surface area contributed by atoms with Gasteiger partial charge in [0.25, 0.3) is 0 Å². The Balaban J connectivity index is 2.01. The molecule has 5 nitrogen and oxygen atoms in total. The molecule has 21 heavy (non-hydrogen) atoms. The van der Waals surface area contributed by atoms with E-state index in [1.807, 2.05) is 0 Å². The van der Waals surface area contributed by atoms with E-state index in [1.165, 1.54) is 16.9 Å². The summed E-state index contributed by atoms with van der Waals surface area (Å²) in [5.41, 5.74) is 6.43. The van der Waals surface area contributed by atoms with Crippen LogP contribution in [0.3, 0.4) is 0 Å². The molecule has 2 N–H and O–H groups in total. The summed E-state index contributed by atoms with van der Waals surface area (Å²) in [5, 5.41) is 8.24.